The molecule has 144 valence electrons. The summed E-state index contributed by atoms with van der Waals surface area (Å²) in [4.78, 5) is 16.1. The first-order valence-electron chi connectivity index (χ1n) is 8.59. The van der Waals surface area contributed by atoms with Crippen molar-refractivity contribution in [2.75, 3.05) is 19.0 Å². The van der Waals surface area contributed by atoms with Crippen molar-refractivity contribution in [3.05, 3.63) is 54.4 Å². The van der Waals surface area contributed by atoms with E-state index in [1.54, 1.807) is 30.6 Å². The minimum atomic E-state index is -3.62. The van der Waals surface area contributed by atoms with Crippen LogP contribution < -0.4 is 10.6 Å². The van der Waals surface area contributed by atoms with Crippen molar-refractivity contribution in [1.82, 2.24) is 14.6 Å². The van der Waals surface area contributed by atoms with Crippen molar-refractivity contribution in [3.63, 3.8) is 0 Å². The van der Waals surface area contributed by atoms with Gasteiger partial charge in [0.05, 0.1) is 4.90 Å². The number of nitrogens with one attached hydrogen (secondary N) is 2. The first-order valence-corrected chi connectivity index (χ1v) is 10.0. The lowest BCUT2D eigenvalue weighted by Crippen LogP contribution is -2.36. The molecule has 27 heavy (non-hydrogen) atoms. The van der Waals surface area contributed by atoms with Gasteiger partial charge < -0.3 is 15.4 Å². The number of hydrogen-bond acceptors (Lipinski definition) is 5. The zero-order chi connectivity index (χ0) is 19.3. The number of sulfonamides is 1. The molecule has 9 heteroatoms. The van der Waals surface area contributed by atoms with Gasteiger partial charge in [-0.2, -0.15) is 4.31 Å². The highest BCUT2D eigenvalue weighted by Crippen LogP contribution is 2.27. The van der Waals surface area contributed by atoms with E-state index in [9.17, 15) is 13.2 Å². The fourth-order valence-electron chi connectivity index (χ4n) is 2.93. The minimum absolute atomic E-state index is 0.174. The molecule has 1 saturated heterocycles. The molecule has 2 heterocycles. The molecule has 1 fully saturated rings. The van der Waals surface area contributed by atoms with Gasteiger partial charge >= 0.3 is 6.03 Å². The predicted molar refractivity (Wildman–Crippen MR) is 100 cm³/mol. The van der Waals surface area contributed by atoms with Gasteiger partial charge in [-0.25, -0.2) is 13.2 Å². The number of methoxy groups -OCH3 is 1. The second-order valence-corrected chi connectivity index (χ2v) is 8.03. The molecule has 0 aliphatic carbocycles. The normalized spacial score (nSPS) is 17.6. The largest absolute Gasteiger partial charge is 0.365 e. The average molecular weight is 390 g/mol. The van der Waals surface area contributed by atoms with E-state index in [-0.39, 0.29) is 10.9 Å². The number of nitrogens with zero attached hydrogens (tertiary/aromatic N) is 2. The standard InChI is InChI=1S/C18H22N4O4S/c1-26-17-5-3-11-22(17)27(24,25)16-8-6-15(7-9-16)21-18(23)20-13-14-4-2-10-19-12-14/h2,4,6-10,12,17H,3,5,11,13H2,1H3,(H2,20,21,23)/t17-/m1/s1. The van der Waals surface area contributed by atoms with E-state index < -0.39 is 16.3 Å². The molecule has 1 atom stereocenters. The quantitative estimate of drug-likeness (QED) is 0.787. The van der Waals surface area contributed by atoms with Crippen molar-refractivity contribution in [3.8, 4) is 0 Å². The Bertz CT molecular complexity index is 872. The van der Waals surface area contributed by atoms with E-state index in [0.29, 0.717) is 25.2 Å². The molecule has 0 unspecified atom stereocenters. The van der Waals surface area contributed by atoms with E-state index in [4.69, 9.17) is 4.74 Å². The highest BCUT2D eigenvalue weighted by Gasteiger charge is 2.35. The number of anilines is 1. The SMILES string of the molecule is CO[C@@H]1CCCN1S(=O)(=O)c1ccc(NC(=O)NCc2cccnc2)cc1. The third-order valence-corrected chi connectivity index (χ3v) is 6.22. The second-order valence-electron chi connectivity index (χ2n) is 6.14. The molecule has 0 bridgehead atoms. The summed E-state index contributed by atoms with van der Waals surface area (Å²) < 4.78 is 32.1. The number of aromatic nitrogens is 1. The van der Waals surface area contributed by atoms with Crippen molar-refractivity contribution < 1.29 is 17.9 Å². The first-order chi connectivity index (χ1) is 13.0. The highest BCUT2D eigenvalue weighted by molar-refractivity contribution is 7.89. The summed E-state index contributed by atoms with van der Waals surface area (Å²) in [7, 11) is -2.11. The maximum absolute atomic E-state index is 12.7. The topological polar surface area (TPSA) is 101 Å². The van der Waals surface area contributed by atoms with Crippen LogP contribution >= 0.6 is 0 Å². The van der Waals surface area contributed by atoms with Crippen LogP contribution in [0.2, 0.25) is 0 Å². The average Bonchev–Trinajstić information content (AvgIpc) is 3.17. The van der Waals surface area contributed by atoms with Gasteiger partial charge in [0.25, 0.3) is 0 Å². The monoisotopic (exact) mass is 390 g/mol. The number of hydrogen-bond donors (Lipinski definition) is 2. The number of amides is 2. The number of rotatable bonds is 6. The van der Waals surface area contributed by atoms with Crippen LogP contribution in [0.1, 0.15) is 18.4 Å². The van der Waals surface area contributed by atoms with Crippen LogP contribution in [0.5, 0.6) is 0 Å². The molecule has 8 nitrogen and oxygen atoms in total. The Morgan fingerprint density at radius 1 is 1.30 bits per heavy atom. The maximum atomic E-state index is 12.7. The molecule has 0 radical (unpaired) electrons. The molecule has 1 aliphatic heterocycles. The number of carbonyl (C=O) groups is 1. The summed E-state index contributed by atoms with van der Waals surface area (Å²) in [5.41, 5.74) is 1.38. The van der Waals surface area contributed by atoms with Gasteiger partial charge in [0.1, 0.15) is 6.23 Å². The lowest BCUT2D eigenvalue weighted by molar-refractivity contribution is 0.0406. The molecule has 3 rings (SSSR count). The van der Waals surface area contributed by atoms with Crippen LogP contribution in [0.3, 0.4) is 0 Å². The summed E-state index contributed by atoms with van der Waals surface area (Å²) in [6, 6.07) is 9.37. The Hall–Kier alpha value is -2.49. The van der Waals surface area contributed by atoms with Crippen LogP contribution in [0.4, 0.5) is 10.5 Å². The number of carbonyl (C=O) groups excluding carboxylic acids is 1. The summed E-state index contributed by atoms with van der Waals surface area (Å²) >= 11 is 0. The fraction of sp³-hybridized carbons (Fsp3) is 0.333. The second kappa shape index (κ2) is 8.47. The van der Waals surface area contributed by atoms with E-state index in [1.165, 1.54) is 23.5 Å². The van der Waals surface area contributed by atoms with Crippen LogP contribution in [0.15, 0.2) is 53.7 Å². The highest BCUT2D eigenvalue weighted by atomic mass is 32.2. The van der Waals surface area contributed by atoms with Crippen LogP contribution in [-0.4, -0.2) is 43.6 Å². The number of benzene rings is 1. The van der Waals surface area contributed by atoms with Gasteiger partial charge in [-0.15, -0.1) is 0 Å². The number of urea groups is 1. The van der Waals surface area contributed by atoms with E-state index in [0.717, 1.165) is 12.0 Å². The van der Waals surface area contributed by atoms with Gasteiger partial charge in [0.2, 0.25) is 10.0 Å². The Morgan fingerprint density at radius 2 is 2.07 bits per heavy atom. The molecule has 1 aromatic carbocycles. The molecule has 2 amide bonds. The summed E-state index contributed by atoms with van der Waals surface area (Å²) in [6.45, 7) is 0.789. The van der Waals surface area contributed by atoms with Gasteiger partial charge in [0.15, 0.2) is 0 Å². The van der Waals surface area contributed by atoms with Gasteiger partial charge in [0, 0.05) is 38.3 Å². The maximum Gasteiger partial charge on any atom is 0.319 e. The van der Waals surface area contributed by atoms with Crippen molar-refractivity contribution in [2.45, 2.75) is 30.5 Å². The summed E-state index contributed by atoms with van der Waals surface area (Å²) in [5, 5.41) is 5.39. The Kier molecular flexibility index (Phi) is 6.04. The third-order valence-electron chi connectivity index (χ3n) is 4.32. The zero-order valence-corrected chi connectivity index (χ0v) is 15.8. The summed E-state index contributed by atoms with van der Waals surface area (Å²) in [5.74, 6) is 0. The van der Waals surface area contributed by atoms with E-state index in [2.05, 4.69) is 15.6 Å². The molecular weight excluding hydrogens is 368 g/mol. The van der Waals surface area contributed by atoms with Crippen LogP contribution in [0, 0.1) is 0 Å². The van der Waals surface area contributed by atoms with E-state index >= 15 is 0 Å². The van der Waals surface area contributed by atoms with Crippen molar-refractivity contribution >= 4 is 21.7 Å². The minimum Gasteiger partial charge on any atom is -0.365 e. The Labute approximate surface area is 158 Å². The molecule has 1 aromatic heterocycles. The number of pyridine rings is 1. The first kappa shape index (κ1) is 19.3. The fourth-order valence-corrected chi connectivity index (χ4v) is 4.55. The molecule has 0 spiro atoms. The predicted octanol–water partition coefficient (Wildman–Crippen LogP) is 2.16. The smallest absolute Gasteiger partial charge is 0.319 e. The Balaban J connectivity index is 1.60. The molecule has 2 N–H and O–H groups in total. The van der Waals surface area contributed by atoms with Gasteiger partial charge in [-0.1, -0.05) is 6.07 Å². The number of ether oxygens (including phenoxy) is 1. The van der Waals surface area contributed by atoms with Crippen molar-refractivity contribution in [2.24, 2.45) is 0 Å². The lowest BCUT2D eigenvalue weighted by atomic mass is 10.3. The third kappa shape index (κ3) is 4.62. The van der Waals surface area contributed by atoms with Crippen LogP contribution in [0.25, 0.3) is 0 Å². The lowest BCUT2D eigenvalue weighted by Gasteiger charge is -2.22. The molecule has 1 aliphatic rings. The van der Waals surface area contributed by atoms with Crippen molar-refractivity contribution in [1.29, 1.82) is 0 Å². The molecule has 0 saturated carbocycles. The van der Waals surface area contributed by atoms with Gasteiger partial charge in [-0.05, 0) is 48.7 Å². The van der Waals surface area contributed by atoms with Crippen LogP contribution in [-0.2, 0) is 21.3 Å². The zero-order valence-electron chi connectivity index (χ0n) is 15.0. The molecule has 2 aromatic rings. The van der Waals surface area contributed by atoms with E-state index in [1.807, 2.05) is 6.07 Å². The Morgan fingerprint density at radius 3 is 2.74 bits per heavy atom. The summed E-state index contributed by atoms with van der Waals surface area (Å²) in [6.07, 6.45) is 4.37. The molecular formula is C18H22N4O4S. The van der Waals surface area contributed by atoms with Gasteiger partial charge in [-0.3, -0.25) is 4.98 Å².